The number of ether oxygens (including phenoxy) is 2. The van der Waals surface area contributed by atoms with Gasteiger partial charge in [-0.1, -0.05) is 26.3 Å². The van der Waals surface area contributed by atoms with Crippen molar-refractivity contribution < 1.29 is 14.3 Å². The second-order valence-corrected chi connectivity index (χ2v) is 5.29. The molecular weight excluding hydrogens is 292 g/mol. The van der Waals surface area contributed by atoms with Crippen LogP contribution in [0.1, 0.15) is 25.8 Å². The second kappa shape index (κ2) is 7.52. The number of carbonyl (C=O) groups excluding carboxylic acids is 1. The molecule has 2 rings (SSSR count). The maximum Gasteiger partial charge on any atom is 0.239 e. The predicted octanol–water partition coefficient (Wildman–Crippen LogP) is 2.17. The number of amides is 1. The minimum Gasteiger partial charge on any atom is -0.454 e. The van der Waals surface area contributed by atoms with Crippen molar-refractivity contribution in [3.8, 4) is 11.5 Å². The molecule has 21 heavy (non-hydrogen) atoms. The van der Waals surface area contributed by atoms with Crippen LogP contribution in [0, 0.1) is 5.92 Å². The number of carbonyl (C=O) groups is 1. The SMILES string of the molecule is CCC(C)C(N)C(=O)N(C)Cc1ccc2c(c1)OCO2.Cl. The lowest BCUT2D eigenvalue weighted by atomic mass is 9.99. The van der Waals surface area contributed by atoms with Crippen molar-refractivity contribution in [3.05, 3.63) is 23.8 Å². The molecule has 1 aromatic rings. The van der Waals surface area contributed by atoms with E-state index in [9.17, 15) is 4.79 Å². The number of nitrogens with two attached hydrogens (primary N) is 1. The monoisotopic (exact) mass is 314 g/mol. The number of likely N-dealkylation sites (N-methyl/N-ethyl adjacent to an activating group) is 1. The lowest BCUT2D eigenvalue weighted by Crippen LogP contribution is -2.45. The first-order chi connectivity index (χ1) is 9.52. The van der Waals surface area contributed by atoms with Crippen LogP contribution in [0.25, 0.3) is 0 Å². The summed E-state index contributed by atoms with van der Waals surface area (Å²) in [5, 5.41) is 0. The maximum absolute atomic E-state index is 12.2. The van der Waals surface area contributed by atoms with E-state index in [0.29, 0.717) is 6.54 Å². The molecule has 5 nitrogen and oxygen atoms in total. The fraction of sp³-hybridized carbons (Fsp3) is 0.533. The van der Waals surface area contributed by atoms with Gasteiger partial charge >= 0.3 is 0 Å². The molecule has 6 heteroatoms. The van der Waals surface area contributed by atoms with E-state index >= 15 is 0 Å². The molecule has 0 fully saturated rings. The van der Waals surface area contributed by atoms with Crippen LogP contribution in [0.4, 0.5) is 0 Å². The van der Waals surface area contributed by atoms with Gasteiger partial charge in [-0.15, -0.1) is 12.4 Å². The Bertz CT molecular complexity index is 496. The average Bonchev–Trinajstić information content (AvgIpc) is 2.92. The number of hydrogen-bond donors (Lipinski definition) is 1. The van der Waals surface area contributed by atoms with E-state index in [1.54, 1.807) is 11.9 Å². The quantitative estimate of drug-likeness (QED) is 0.904. The van der Waals surface area contributed by atoms with Crippen LogP contribution >= 0.6 is 12.4 Å². The molecule has 1 aliphatic heterocycles. The summed E-state index contributed by atoms with van der Waals surface area (Å²) in [6, 6.07) is 5.26. The fourth-order valence-corrected chi connectivity index (χ4v) is 2.14. The number of halogens is 1. The molecule has 0 spiro atoms. The summed E-state index contributed by atoms with van der Waals surface area (Å²) < 4.78 is 10.6. The summed E-state index contributed by atoms with van der Waals surface area (Å²) in [7, 11) is 1.77. The lowest BCUT2D eigenvalue weighted by Gasteiger charge is -2.24. The van der Waals surface area contributed by atoms with Crippen molar-refractivity contribution in [2.24, 2.45) is 11.7 Å². The Morgan fingerprint density at radius 2 is 2.05 bits per heavy atom. The Balaban J connectivity index is 0.00000220. The number of nitrogens with zero attached hydrogens (tertiary/aromatic N) is 1. The van der Waals surface area contributed by atoms with Crippen molar-refractivity contribution in [2.45, 2.75) is 32.9 Å². The molecule has 0 radical (unpaired) electrons. The largest absolute Gasteiger partial charge is 0.454 e. The van der Waals surface area contributed by atoms with Crippen molar-refractivity contribution in [1.82, 2.24) is 4.90 Å². The highest BCUT2D eigenvalue weighted by molar-refractivity contribution is 5.85. The molecule has 0 saturated carbocycles. The van der Waals surface area contributed by atoms with Crippen LogP contribution in [-0.2, 0) is 11.3 Å². The molecule has 0 saturated heterocycles. The highest BCUT2D eigenvalue weighted by atomic mass is 35.5. The molecule has 1 heterocycles. The Morgan fingerprint density at radius 1 is 1.38 bits per heavy atom. The first-order valence-corrected chi connectivity index (χ1v) is 6.92. The molecule has 1 aromatic carbocycles. The van der Waals surface area contributed by atoms with Crippen LogP contribution in [0.5, 0.6) is 11.5 Å². The van der Waals surface area contributed by atoms with Crippen molar-refractivity contribution >= 4 is 18.3 Å². The van der Waals surface area contributed by atoms with Crippen molar-refractivity contribution in [1.29, 1.82) is 0 Å². The van der Waals surface area contributed by atoms with E-state index < -0.39 is 6.04 Å². The molecule has 2 unspecified atom stereocenters. The first kappa shape index (κ1) is 17.6. The molecule has 0 aliphatic carbocycles. The van der Waals surface area contributed by atoms with E-state index in [4.69, 9.17) is 15.2 Å². The Kier molecular flexibility index (Phi) is 6.30. The van der Waals surface area contributed by atoms with Gasteiger partial charge in [0.2, 0.25) is 12.7 Å². The molecular formula is C15H23ClN2O3. The Labute approximate surface area is 131 Å². The minimum absolute atomic E-state index is 0. The van der Waals surface area contributed by atoms with Crippen molar-refractivity contribution in [2.75, 3.05) is 13.8 Å². The Morgan fingerprint density at radius 3 is 2.71 bits per heavy atom. The normalized spacial score (nSPS) is 15.0. The van der Waals surface area contributed by atoms with Gasteiger partial charge in [-0.25, -0.2) is 0 Å². The van der Waals surface area contributed by atoms with Gasteiger partial charge in [-0.2, -0.15) is 0 Å². The predicted molar refractivity (Wildman–Crippen MR) is 83.7 cm³/mol. The molecule has 0 aromatic heterocycles. The minimum atomic E-state index is -0.445. The van der Waals surface area contributed by atoms with Gasteiger partial charge in [0.05, 0.1) is 6.04 Å². The molecule has 1 aliphatic rings. The summed E-state index contributed by atoms with van der Waals surface area (Å²) >= 11 is 0. The summed E-state index contributed by atoms with van der Waals surface area (Å²) in [5.41, 5.74) is 6.98. The van der Waals surface area contributed by atoms with Gasteiger partial charge in [-0.3, -0.25) is 4.79 Å². The summed E-state index contributed by atoms with van der Waals surface area (Å²) in [6.07, 6.45) is 0.894. The van der Waals surface area contributed by atoms with E-state index in [0.717, 1.165) is 23.5 Å². The van der Waals surface area contributed by atoms with E-state index in [-0.39, 0.29) is 31.0 Å². The van der Waals surface area contributed by atoms with E-state index in [2.05, 4.69) is 0 Å². The van der Waals surface area contributed by atoms with Gasteiger partial charge < -0.3 is 20.1 Å². The zero-order chi connectivity index (χ0) is 14.7. The molecule has 2 atom stereocenters. The van der Waals surface area contributed by atoms with Crippen LogP contribution in [0.15, 0.2) is 18.2 Å². The van der Waals surface area contributed by atoms with Crippen LogP contribution in [-0.4, -0.2) is 30.7 Å². The summed E-state index contributed by atoms with van der Waals surface area (Å²) in [5.74, 6) is 1.63. The van der Waals surface area contributed by atoms with Gasteiger partial charge in [0.1, 0.15) is 0 Å². The smallest absolute Gasteiger partial charge is 0.239 e. The molecule has 0 bridgehead atoms. The highest BCUT2D eigenvalue weighted by Gasteiger charge is 2.23. The van der Waals surface area contributed by atoms with Crippen LogP contribution in [0.2, 0.25) is 0 Å². The number of fused-ring (bicyclic) bond motifs is 1. The zero-order valence-corrected chi connectivity index (χ0v) is 13.5. The maximum atomic E-state index is 12.2. The number of rotatable bonds is 5. The van der Waals surface area contributed by atoms with Gasteiger partial charge in [-0.05, 0) is 23.6 Å². The highest BCUT2D eigenvalue weighted by Crippen LogP contribution is 2.32. The number of benzene rings is 1. The van der Waals surface area contributed by atoms with Gasteiger partial charge in [0.25, 0.3) is 0 Å². The third-order valence-electron chi connectivity index (χ3n) is 3.78. The Hall–Kier alpha value is -1.46. The first-order valence-electron chi connectivity index (χ1n) is 6.92. The summed E-state index contributed by atoms with van der Waals surface area (Å²) in [6.45, 7) is 4.80. The molecule has 2 N–H and O–H groups in total. The molecule has 118 valence electrons. The number of hydrogen-bond acceptors (Lipinski definition) is 4. The third kappa shape index (κ3) is 4.02. The van der Waals surface area contributed by atoms with E-state index in [1.165, 1.54) is 0 Å². The van der Waals surface area contributed by atoms with Gasteiger partial charge in [0.15, 0.2) is 11.5 Å². The third-order valence-corrected chi connectivity index (χ3v) is 3.78. The zero-order valence-electron chi connectivity index (χ0n) is 12.7. The fourth-order valence-electron chi connectivity index (χ4n) is 2.14. The molecule has 1 amide bonds. The second-order valence-electron chi connectivity index (χ2n) is 5.29. The van der Waals surface area contributed by atoms with E-state index in [1.807, 2.05) is 32.0 Å². The van der Waals surface area contributed by atoms with Crippen LogP contribution < -0.4 is 15.2 Å². The average molecular weight is 315 g/mol. The van der Waals surface area contributed by atoms with Gasteiger partial charge in [0, 0.05) is 13.6 Å². The summed E-state index contributed by atoms with van der Waals surface area (Å²) in [4.78, 5) is 13.9. The van der Waals surface area contributed by atoms with Crippen LogP contribution in [0.3, 0.4) is 0 Å². The van der Waals surface area contributed by atoms with Crippen molar-refractivity contribution in [3.63, 3.8) is 0 Å². The lowest BCUT2D eigenvalue weighted by molar-refractivity contribution is -0.132. The topological polar surface area (TPSA) is 64.8 Å². The standard InChI is InChI=1S/C15H22N2O3.ClH/c1-4-10(2)14(16)15(18)17(3)8-11-5-6-12-13(7-11)20-9-19-12;/h5-7,10,14H,4,8-9,16H2,1-3H3;1H.